The minimum absolute atomic E-state index is 0.0676. The van der Waals surface area contributed by atoms with Gasteiger partial charge in [-0.3, -0.25) is 4.79 Å². The maximum absolute atomic E-state index is 12.0. The minimum Gasteiger partial charge on any atom is -0.507 e. The van der Waals surface area contributed by atoms with Crippen LogP contribution in [0, 0.1) is 0 Å². The zero-order valence-corrected chi connectivity index (χ0v) is 15.6. The number of carbonyl (C=O) groups excluding carboxylic acids is 1. The topological polar surface area (TPSA) is 82.1 Å². The molecule has 1 aliphatic rings. The third-order valence-corrected chi connectivity index (χ3v) is 5.32. The molecule has 0 aliphatic carbocycles. The van der Waals surface area contributed by atoms with Crippen LogP contribution in [-0.4, -0.2) is 31.1 Å². The molecule has 0 fully saturated rings. The Hall–Kier alpha value is -3.93. The van der Waals surface area contributed by atoms with Crippen molar-refractivity contribution in [3.8, 4) is 28.3 Å². The van der Waals surface area contributed by atoms with Gasteiger partial charge in [-0.05, 0) is 41.5 Å². The van der Waals surface area contributed by atoms with E-state index in [-0.39, 0.29) is 11.7 Å². The van der Waals surface area contributed by atoms with Gasteiger partial charge in [0.15, 0.2) is 5.65 Å². The Bertz CT molecular complexity index is 1280. The molecule has 2 N–H and O–H groups in total. The Morgan fingerprint density at radius 1 is 1.07 bits per heavy atom. The number of aromatic amines is 1. The van der Waals surface area contributed by atoms with Crippen molar-refractivity contribution in [1.82, 2.24) is 20.1 Å². The Morgan fingerprint density at radius 3 is 2.72 bits per heavy atom. The average Bonchev–Trinajstić information content (AvgIpc) is 3.36. The highest BCUT2D eigenvalue weighted by atomic mass is 16.3. The molecule has 29 heavy (non-hydrogen) atoms. The predicted molar refractivity (Wildman–Crippen MR) is 111 cm³/mol. The Labute approximate surface area is 167 Å². The lowest BCUT2D eigenvalue weighted by atomic mass is 10.0. The molecule has 142 valence electrons. The van der Waals surface area contributed by atoms with Crippen LogP contribution < -0.4 is 0 Å². The molecule has 0 spiro atoms. The molecule has 2 aromatic heterocycles. The van der Waals surface area contributed by atoms with E-state index in [4.69, 9.17) is 0 Å². The fourth-order valence-corrected chi connectivity index (χ4v) is 3.86. The summed E-state index contributed by atoms with van der Waals surface area (Å²) in [6.45, 7) is 4.73. The van der Waals surface area contributed by atoms with Gasteiger partial charge in [-0.15, -0.1) is 10.2 Å². The van der Waals surface area contributed by atoms with Crippen LogP contribution in [0.5, 0.6) is 5.75 Å². The molecule has 0 unspecified atom stereocenters. The SMILES string of the molecule is C=CC(=O)N1Cc2cccc(-c3cc4cc(-c5ccccc5O)nnc4[nH]3)c2C1. The first kappa shape index (κ1) is 17.2. The summed E-state index contributed by atoms with van der Waals surface area (Å²) in [7, 11) is 0. The van der Waals surface area contributed by atoms with Crippen LogP contribution in [0.3, 0.4) is 0 Å². The van der Waals surface area contributed by atoms with Crippen molar-refractivity contribution >= 4 is 16.9 Å². The van der Waals surface area contributed by atoms with Crippen molar-refractivity contribution in [2.75, 3.05) is 0 Å². The van der Waals surface area contributed by atoms with E-state index in [2.05, 4.69) is 21.8 Å². The molecule has 0 radical (unpaired) electrons. The standard InChI is InChI=1S/C23H18N4O2/c1-2-22(29)27-12-14-6-5-8-16(18(14)13-27)19-10-15-11-20(25-26-23(15)24-19)17-7-3-4-9-21(17)28/h2-11,28H,1,12-13H2,(H,24,26). The van der Waals surface area contributed by atoms with Crippen molar-refractivity contribution in [3.05, 3.63) is 78.4 Å². The van der Waals surface area contributed by atoms with Gasteiger partial charge in [-0.2, -0.15) is 0 Å². The molecular formula is C23H18N4O2. The number of hydrogen-bond acceptors (Lipinski definition) is 4. The number of H-pyrrole nitrogens is 1. The number of carbonyl (C=O) groups is 1. The second-order valence-electron chi connectivity index (χ2n) is 7.08. The maximum Gasteiger partial charge on any atom is 0.246 e. The lowest BCUT2D eigenvalue weighted by molar-refractivity contribution is -0.126. The minimum atomic E-state index is -0.0676. The Morgan fingerprint density at radius 2 is 1.90 bits per heavy atom. The molecule has 2 aromatic carbocycles. The molecule has 1 aliphatic heterocycles. The van der Waals surface area contributed by atoms with E-state index in [0.29, 0.717) is 30.0 Å². The number of benzene rings is 2. The third-order valence-electron chi connectivity index (χ3n) is 5.32. The lowest BCUT2D eigenvalue weighted by Gasteiger charge is -2.12. The molecule has 3 heterocycles. The summed E-state index contributed by atoms with van der Waals surface area (Å²) in [4.78, 5) is 17.1. The van der Waals surface area contributed by atoms with Crippen LogP contribution >= 0.6 is 0 Å². The third kappa shape index (κ3) is 2.86. The van der Waals surface area contributed by atoms with Crippen LogP contribution in [0.25, 0.3) is 33.5 Å². The monoisotopic (exact) mass is 382 g/mol. The van der Waals surface area contributed by atoms with Crippen molar-refractivity contribution in [1.29, 1.82) is 0 Å². The molecule has 1 amide bonds. The summed E-state index contributed by atoms with van der Waals surface area (Å²) in [6, 6.07) is 17.1. The zero-order chi connectivity index (χ0) is 20.0. The number of phenols is 1. The van der Waals surface area contributed by atoms with Crippen molar-refractivity contribution < 1.29 is 9.90 Å². The largest absolute Gasteiger partial charge is 0.507 e. The highest BCUT2D eigenvalue weighted by molar-refractivity contribution is 5.89. The maximum atomic E-state index is 12.0. The van der Waals surface area contributed by atoms with Gasteiger partial charge in [0.05, 0.1) is 5.69 Å². The summed E-state index contributed by atoms with van der Waals surface area (Å²) < 4.78 is 0. The van der Waals surface area contributed by atoms with E-state index in [1.165, 1.54) is 6.08 Å². The fraction of sp³-hybridized carbons (Fsp3) is 0.0870. The smallest absolute Gasteiger partial charge is 0.246 e. The fourth-order valence-electron chi connectivity index (χ4n) is 3.86. The number of nitrogens with zero attached hydrogens (tertiary/aromatic N) is 3. The highest BCUT2D eigenvalue weighted by Crippen LogP contribution is 2.34. The number of aromatic nitrogens is 3. The van der Waals surface area contributed by atoms with E-state index in [0.717, 1.165) is 27.8 Å². The molecule has 5 rings (SSSR count). The molecular weight excluding hydrogens is 364 g/mol. The van der Waals surface area contributed by atoms with E-state index in [1.54, 1.807) is 17.0 Å². The molecule has 0 bridgehead atoms. The van der Waals surface area contributed by atoms with Crippen molar-refractivity contribution in [3.63, 3.8) is 0 Å². The van der Waals surface area contributed by atoms with Gasteiger partial charge in [0, 0.05) is 35.3 Å². The highest BCUT2D eigenvalue weighted by Gasteiger charge is 2.25. The van der Waals surface area contributed by atoms with Gasteiger partial charge in [-0.25, -0.2) is 0 Å². The summed E-state index contributed by atoms with van der Waals surface area (Å²) >= 11 is 0. The van der Waals surface area contributed by atoms with Gasteiger partial charge in [0.2, 0.25) is 5.91 Å². The number of rotatable bonds is 3. The number of phenolic OH excluding ortho intramolecular Hbond substituents is 1. The first-order valence-electron chi connectivity index (χ1n) is 9.31. The number of nitrogens with one attached hydrogen (secondary N) is 1. The summed E-state index contributed by atoms with van der Waals surface area (Å²) in [5.41, 5.74) is 6.16. The van der Waals surface area contributed by atoms with Crippen molar-refractivity contribution in [2.24, 2.45) is 0 Å². The first-order chi connectivity index (χ1) is 14.1. The molecule has 6 heteroatoms. The van der Waals surface area contributed by atoms with Crippen LogP contribution in [0.15, 0.2) is 67.3 Å². The van der Waals surface area contributed by atoms with Crippen LogP contribution in [0.2, 0.25) is 0 Å². The van der Waals surface area contributed by atoms with Crippen LogP contribution in [0.4, 0.5) is 0 Å². The number of hydrogen-bond donors (Lipinski definition) is 2. The summed E-state index contributed by atoms with van der Waals surface area (Å²) in [6.07, 6.45) is 1.35. The van der Waals surface area contributed by atoms with Gasteiger partial charge < -0.3 is 15.0 Å². The lowest BCUT2D eigenvalue weighted by Crippen LogP contribution is -2.22. The summed E-state index contributed by atoms with van der Waals surface area (Å²) in [5, 5.41) is 19.6. The number of amides is 1. The molecule has 4 aromatic rings. The normalized spacial score (nSPS) is 12.9. The van der Waals surface area contributed by atoms with Crippen LogP contribution in [0.1, 0.15) is 11.1 Å². The average molecular weight is 382 g/mol. The molecule has 0 saturated heterocycles. The van der Waals surface area contributed by atoms with E-state index >= 15 is 0 Å². The van der Waals surface area contributed by atoms with Gasteiger partial charge in [0.1, 0.15) is 5.75 Å². The second kappa shape index (κ2) is 6.60. The first-order valence-corrected chi connectivity index (χ1v) is 9.31. The van der Waals surface area contributed by atoms with Crippen molar-refractivity contribution in [2.45, 2.75) is 13.1 Å². The van der Waals surface area contributed by atoms with E-state index in [9.17, 15) is 9.90 Å². The number of aromatic hydroxyl groups is 1. The Balaban J connectivity index is 1.56. The molecule has 0 atom stereocenters. The number of para-hydroxylation sites is 1. The second-order valence-corrected chi connectivity index (χ2v) is 7.08. The molecule has 0 saturated carbocycles. The van der Waals surface area contributed by atoms with Gasteiger partial charge >= 0.3 is 0 Å². The van der Waals surface area contributed by atoms with Gasteiger partial charge in [-0.1, -0.05) is 36.9 Å². The van der Waals surface area contributed by atoms with E-state index in [1.807, 2.05) is 42.5 Å². The number of fused-ring (bicyclic) bond motifs is 2. The summed E-state index contributed by atoms with van der Waals surface area (Å²) in [5.74, 6) is 0.103. The zero-order valence-electron chi connectivity index (χ0n) is 15.6. The quantitative estimate of drug-likeness (QED) is 0.524. The predicted octanol–water partition coefficient (Wildman–Crippen LogP) is 4.03. The van der Waals surface area contributed by atoms with Crippen LogP contribution in [-0.2, 0) is 17.9 Å². The van der Waals surface area contributed by atoms with E-state index < -0.39 is 0 Å². The molecule has 6 nitrogen and oxygen atoms in total. The Kier molecular flexibility index (Phi) is 3.91. The van der Waals surface area contributed by atoms with Gasteiger partial charge in [0.25, 0.3) is 0 Å².